The van der Waals surface area contributed by atoms with Crippen LogP contribution in [0.25, 0.3) is 0 Å². The Morgan fingerprint density at radius 1 is 0.815 bits per heavy atom. The van der Waals surface area contributed by atoms with Crippen molar-refractivity contribution in [2.75, 3.05) is 32.1 Å². The first-order valence-corrected chi connectivity index (χ1v) is 21.1. The molecular formula is C40H53N4O8S2+. The Kier molecular flexibility index (Phi) is 13.0. The molecule has 0 aromatic heterocycles. The van der Waals surface area contributed by atoms with E-state index in [9.17, 15) is 36.0 Å². The summed E-state index contributed by atoms with van der Waals surface area (Å²) in [6.45, 7) is 9.74. The van der Waals surface area contributed by atoms with Crippen molar-refractivity contribution in [1.29, 1.82) is 0 Å². The summed E-state index contributed by atoms with van der Waals surface area (Å²) in [6, 6.07) is 10.1. The van der Waals surface area contributed by atoms with Gasteiger partial charge in [-0.15, -0.1) is 0 Å². The summed E-state index contributed by atoms with van der Waals surface area (Å²) >= 11 is 0. The maximum absolute atomic E-state index is 13.2. The number of allylic oxidation sites excluding steroid dienone is 4. The van der Waals surface area contributed by atoms with Gasteiger partial charge in [0.25, 0.3) is 0 Å². The number of Topliss-reactive ketones (excluding diaryl/α,β-unsaturated/α-hetero) is 3. The highest BCUT2D eigenvalue weighted by Crippen LogP contribution is 2.48. The van der Waals surface area contributed by atoms with Crippen molar-refractivity contribution >= 4 is 60.7 Å². The summed E-state index contributed by atoms with van der Waals surface area (Å²) in [6.07, 6.45) is 6.33. The van der Waals surface area contributed by atoms with Gasteiger partial charge in [0.05, 0.1) is 15.2 Å². The molecule has 0 saturated carbocycles. The average Bonchev–Trinajstić information content (AvgIpc) is 3.43. The molecule has 2 N–H and O–H groups in total. The zero-order chi connectivity index (χ0) is 40.9. The van der Waals surface area contributed by atoms with Crippen molar-refractivity contribution in [3.05, 3.63) is 71.5 Å². The van der Waals surface area contributed by atoms with E-state index in [4.69, 9.17) is 1.37 Å². The van der Waals surface area contributed by atoms with E-state index in [1.807, 2.05) is 69.5 Å². The Bertz CT molecular complexity index is 2190. The first-order valence-electron chi connectivity index (χ1n) is 18.6. The number of carbonyl (C=O) groups excluding carboxylic acids is 4. The molecule has 2 heterocycles. The number of rotatable bonds is 20. The largest absolute Gasteiger partial charge is 0.347 e. The summed E-state index contributed by atoms with van der Waals surface area (Å²) in [5.74, 6) is -0.301. The fraction of sp³-hybridized carbons (Fsp3) is 0.475. The standard InChI is InChI=1S/C40H53N4O8S2/c1-28(46)17-18-30(48)13-10-24-42-54(51,52)32-20-22-36-34(27-32)40(4,5)38(44(36)7)16-8-15-37-39(2,3)33-26-31(19-21-35(33)43(37)6)53(49,50)41-23-9-12-29(47)14-11-25-45/h8,15-16,19-22,25-27,41-42H,9-14,17-18,23-24H2,1-7H3/q+1/i25T. The molecule has 0 spiro atoms. The molecule has 4 rings (SSSR count). The van der Waals surface area contributed by atoms with Gasteiger partial charge in [0.1, 0.15) is 32.0 Å². The number of aldehydes is 1. The van der Waals surface area contributed by atoms with Crippen LogP contribution in [-0.2, 0) is 50.1 Å². The van der Waals surface area contributed by atoms with E-state index in [2.05, 4.69) is 9.44 Å². The second kappa shape index (κ2) is 17.1. The first kappa shape index (κ1) is 41.1. The fourth-order valence-electron chi connectivity index (χ4n) is 7.10. The molecule has 0 radical (unpaired) electrons. The maximum atomic E-state index is 13.2. The number of nitrogens with zero attached hydrogens (tertiary/aromatic N) is 2. The van der Waals surface area contributed by atoms with Crippen molar-refractivity contribution in [3.63, 3.8) is 0 Å². The zero-order valence-electron chi connectivity index (χ0n) is 33.2. The maximum Gasteiger partial charge on any atom is 0.240 e. The van der Waals surface area contributed by atoms with Gasteiger partial charge in [-0.25, -0.2) is 26.3 Å². The van der Waals surface area contributed by atoms with Gasteiger partial charge in [-0.1, -0.05) is 19.9 Å². The minimum absolute atomic E-state index is 0.0145. The second-order valence-corrected chi connectivity index (χ2v) is 18.5. The normalized spacial score (nSPS) is 17.2. The molecule has 2 aromatic rings. The van der Waals surface area contributed by atoms with E-state index in [1.54, 1.807) is 36.4 Å². The van der Waals surface area contributed by atoms with Crippen LogP contribution in [0.15, 0.2) is 70.1 Å². The lowest BCUT2D eigenvalue weighted by atomic mass is 9.81. The molecule has 0 fully saturated rings. The molecule has 292 valence electrons. The van der Waals surface area contributed by atoms with Gasteiger partial charge in [-0.2, -0.15) is 4.58 Å². The number of nitrogens with one attached hydrogen (secondary N) is 2. The van der Waals surface area contributed by atoms with E-state index in [0.717, 1.165) is 33.9 Å². The molecule has 2 aliphatic rings. The van der Waals surface area contributed by atoms with Gasteiger partial charge in [0, 0.05) is 93.2 Å². The van der Waals surface area contributed by atoms with Crippen molar-refractivity contribution in [3.8, 4) is 0 Å². The quantitative estimate of drug-likeness (QED) is 0.105. The third kappa shape index (κ3) is 9.57. The number of hydrogen-bond acceptors (Lipinski definition) is 9. The number of sulfonamides is 2. The van der Waals surface area contributed by atoms with Crippen molar-refractivity contribution in [2.24, 2.45) is 0 Å². The molecule has 12 nitrogen and oxygen atoms in total. The summed E-state index contributed by atoms with van der Waals surface area (Å²) in [5, 5.41) is 0. The highest BCUT2D eigenvalue weighted by molar-refractivity contribution is 7.89. The molecule has 14 heteroatoms. The van der Waals surface area contributed by atoms with E-state index in [0.29, 0.717) is 6.42 Å². The van der Waals surface area contributed by atoms with Gasteiger partial charge < -0.3 is 14.5 Å². The van der Waals surface area contributed by atoms with Gasteiger partial charge in [-0.05, 0) is 75.6 Å². The second-order valence-electron chi connectivity index (χ2n) is 14.9. The lowest BCUT2D eigenvalue weighted by molar-refractivity contribution is -0.401. The van der Waals surface area contributed by atoms with E-state index < -0.39 is 37.1 Å². The number of carbonyl (C=O) groups is 4. The number of anilines is 1. The topological polar surface area (TPSA) is 167 Å². The number of likely N-dealkylation sites (N-methyl/N-ethyl adjacent to an activating group) is 1. The van der Waals surface area contributed by atoms with Crippen molar-refractivity contribution in [2.45, 2.75) is 107 Å². The Morgan fingerprint density at radius 3 is 1.94 bits per heavy atom. The third-order valence-corrected chi connectivity index (χ3v) is 13.2. The van der Waals surface area contributed by atoms with Crippen molar-refractivity contribution < 1.29 is 42.0 Å². The molecule has 0 atom stereocenters. The van der Waals surface area contributed by atoms with Crippen LogP contribution in [-0.4, -0.2) is 77.9 Å². The van der Waals surface area contributed by atoms with E-state index in [-0.39, 0.29) is 85.2 Å². The van der Waals surface area contributed by atoms with Crippen LogP contribution in [0.1, 0.15) is 98.5 Å². The summed E-state index contributed by atoms with van der Waals surface area (Å²) in [4.78, 5) is 48.1. The minimum atomic E-state index is -3.86. The fourth-order valence-corrected chi connectivity index (χ4v) is 9.30. The first-order chi connectivity index (χ1) is 25.6. The number of ketones is 3. The molecule has 2 aliphatic heterocycles. The smallest absolute Gasteiger partial charge is 0.240 e. The molecule has 0 amide bonds. The third-order valence-electron chi connectivity index (χ3n) is 10.2. The molecule has 0 bridgehead atoms. The predicted molar refractivity (Wildman–Crippen MR) is 209 cm³/mol. The molecule has 54 heavy (non-hydrogen) atoms. The molecular weight excluding hydrogens is 729 g/mol. The highest BCUT2D eigenvalue weighted by Gasteiger charge is 2.44. The Labute approximate surface area is 321 Å². The summed E-state index contributed by atoms with van der Waals surface area (Å²) < 4.78 is 66.9. The van der Waals surface area contributed by atoms with Crippen LogP contribution < -0.4 is 14.3 Å². The van der Waals surface area contributed by atoms with Crippen LogP contribution in [0.4, 0.5) is 11.4 Å². The van der Waals surface area contributed by atoms with Crippen LogP contribution in [0.3, 0.4) is 0 Å². The summed E-state index contributed by atoms with van der Waals surface area (Å²) in [5.41, 5.74) is 4.25. The highest BCUT2D eigenvalue weighted by atomic mass is 32.2. The SMILES string of the molecule is [3H]C(=O)CCC(=O)CCCNS(=O)(=O)c1ccc2c(c1)C(C)(C)C(/C=C/C=C1\N(C)c3ccc(S(=O)(=O)NCCCC(=O)CCC(C)=O)cc3C1(C)C)=[N+]2C. The van der Waals surface area contributed by atoms with Gasteiger partial charge in [0.2, 0.25) is 25.7 Å². The van der Waals surface area contributed by atoms with Crippen LogP contribution in [0, 0.1) is 0 Å². The molecule has 0 aliphatic carbocycles. The molecule has 0 saturated heterocycles. The van der Waals surface area contributed by atoms with Crippen LogP contribution in [0.5, 0.6) is 0 Å². The van der Waals surface area contributed by atoms with E-state index in [1.165, 1.54) is 6.92 Å². The van der Waals surface area contributed by atoms with Gasteiger partial charge in [0.15, 0.2) is 5.71 Å². The lowest BCUT2D eigenvalue weighted by Crippen LogP contribution is -2.28. The lowest BCUT2D eigenvalue weighted by Gasteiger charge is -2.23. The Hall–Kier alpha value is -4.11. The predicted octanol–water partition coefficient (Wildman–Crippen LogP) is 5.16. The van der Waals surface area contributed by atoms with Crippen LogP contribution in [0.2, 0.25) is 0 Å². The van der Waals surface area contributed by atoms with E-state index >= 15 is 0 Å². The Balaban J connectivity index is 1.45. The van der Waals surface area contributed by atoms with Gasteiger partial charge >= 0.3 is 0 Å². The summed E-state index contributed by atoms with van der Waals surface area (Å²) in [7, 11) is -3.82. The minimum Gasteiger partial charge on any atom is -0.347 e. The number of fused-ring (bicyclic) bond motifs is 2. The molecule has 2 aromatic carbocycles. The zero-order valence-corrected chi connectivity index (χ0v) is 33.9. The van der Waals surface area contributed by atoms with Crippen LogP contribution >= 0.6 is 0 Å². The monoisotopic (exact) mass is 783 g/mol. The van der Waals surface area contributed by atoms with Gasteiger partial charge in [-0.3, -0.25) is 9.59 Å². The average molecular weight is 784 g/mol. The number of benzene rings is 2. The van der Waals surface area contributed by atoms with Crippen molar-refractivity contribution in [1.82, 2.24) is 9.44 Å². The Morgan fingerprint density at radius 2 is 1.37 bits per heavy atom. The molecule has 0 unspecified atom stereocenters. The number of hydrogen-bond donors (Lipinski definition) is 2.